The molecule has 0 aliphatic carbocycles. The molecule has 8 saturated heterocycles. The molecule has 0 unspecified atom stereocenters. The Labute approximate surface area is 743 Å². The van der Waals surface area contributed by atoms with Crippen molar-refractivity contribution in [3.05, 3.63) is 54.6 Å². The molecule has 12 heterocycles. The Balaban J connectivity index is 0.000000287. The van der Waals surface area contributed by atoms with E-state index < -0.39 is 0 Å². The number of rotatable bonds is 29. The number of unbranched alkanes of at least 4 members (excludes halogenated alkanes) is 1. The Morgan fingerprint density at radius 1 is 0.446 bits per heavy atom. The fourth-order valence-electron chi connectivity index (χ4n) is 16.3. The largest absolute Gasteiger partial charge is 0.388 e. The van der Waals surface area contributed by atoms with Crippen LogP contribution in [0.4, 0.5) is 11.8 Å². The van der Waals surface area contributed by atoms with Crippen molar-refractivity contribution in [2.45, 2.75) is 269 Å². The van der Waals surface area contributed by atoms with Crippen LogP contribution in [0.15, 0.2) is 69.6 Å². The first-order valence-corrected chi connectivity index (χ1v) is 48.6. The average Bonchev–Trinajstić information content (AvgIpc) is 1.66. The van der Waals surface area contributed by atoms with Crippen molar-refractivity contribution in [1.29, 1.82) is 0 Å². The van der Waals surface area contributed by atoms with Crippen LogP contribution in [-0.2, 0) is 0 Å². The second-order valence-corrected chi connectivity index (χ2v) is 37.6. The molecule has 0 radical (unpaired) electrons. The number of hydrogen-bond donors (Lipinski definition) is 6. The van der Waals surface area contributed by atoms with E-state index >= 15 is 0 Å². The highest BCUT2D eigenvalue weighted by Crippen LogP contribution is 2.22. The van der Waals surface area contributed by atoms with Crippen molar-refractivity contribution in [3.8, 4) is 0 Å². The van der Waals surface area contributed by atoms with Gasteiger partial charge in [-0.15, -0.1) is 0 Å². The maximum atomic E-state index is 5.33. The molecule has 26 heteroatoms. The molecule has 2 aromatic heterocycles. The van der Waals surface area contributed by atoms with Gasteiger partial charge in [-0.3, -0.25) is 49.3 Å². The number of likely N-dealkylation sites (tertiary alicyclic amines) is 2. The molecule has 0 spiro atoms. The summed E-state index contributed by atoms with van der Waals surface area (Å²) >= 11 is 0. The second-order valence-electron chi connectivity index (χ2n) is 37.6. The summed E-state index contributed by atoms with van der Waals surface area (Å²) in [5.41, 5.74) is 6.61. The Hall–Kier alpha value is -4.46. The number of piperidine rings is 2. The van der Waals surface area contributed by atoms with E-state index in [4.69, 9.17) is 5.73 Å². The van der Waals surface area contributed by atoms with Crippen LogP contribution in [0.2, 0.25) is 0 Å². The van der Waals surface area contributed by atoms with Crippen LogP contribution >= 0.6 is 0 Å². The Morgan fingerprint density at radius 3 is 1.31 bits per heavy atom. The van der Waals surface area contributed by atoms with Crippen LogP contribution < -0.4 is 42.1 Å². The molecule has 0 amide bonds. The first-order valence-electron chi connectivity index (χ1n) is 48.6. The van der Waals surface area contributed by atoms with Crippen LogP contribution in [-0.4, -0.2) is 421 Å². The Bertz CT molecular complexity index is 2760. The number of pyridine rings is 1. The summed E-state index contributed by atoms with van der Waals surface area (Å²) in [7, 11) is 6.68. The van der Waals surface area contributed by atoms with Gasteiger partial charge in [-0.2, -0.15) is 0 Å². The Morgan fingerprint density at radius 2 is 0.868 bits per heavy atom. The first kappa shape index (κ1) is 109. The monoisotopic (exact) mass is 1700 g/mol. The highest BCUT2D eigenvalue weighted by Gasteiger charge is 2.30. The van der Waals surface area contributed by atoms with Gasteiger partial charge in [0.2, 0.25) is 5.95 Å². The summed E-state index contributed by atoms with van der Waals surface area (Å²) in [4.78, 5) is 60.7. The van der Waals surface area contributed by atoms with Crippen molar-refractivity contribution in [2.24, 2.45) is 20.7 Å². The van der Waals surface area contributed by atoms with Crippen molar-refractivity contribution in [2.75, 3.05) is 273 Å². The molecular formula is C95H190N26. The van der Waals surface area contributed by atoms with E-state index in [1.165, 1.54) is 200 Å². The molecule has 12 rings (SSSR count). The maximum Gasteiger partial charge on any atom is 0.225 e. The highest BCUT2D eigenvalue weighted by molar-refractivity contribution is 5.83. The lowest BCUT2D eigenvalue weighted by Gasteiger charge is -2.43. The fourth-order valence-corrected chi connectivity index (χ4v) is 16.3. The van der Waals surface area contributed by atoms with Crippen LogP contribution in [0, 0.1) is 0 Å². The van der Waals surface area contributed by atoms with Gasteiger partial charge in [0.1, 0.15) is 5.82 Å². The number of amidine groups is 2. The van der Waals surface area contributed by atoms with Gasteiger partial charge in [-0.1, -0.05) is 74.5 Å². The van der Waals surface area contributed by atoms with Gasteiger partial charge in [-0.05, 0) is 213 Å². The van der Waals surface area contributed by atoms with E-state index in [9.17, 15) is 0 Å². The molecule has 10 aliphatic heterocycles. The molecule has 0 bridgehead atoms. The molecule has 0 atom stereocenters. The molecule has 0 saturated carbocycles. The van der Waals surface area contributed by atoms with Crippen LogP contribution in [0.5, 0.6) is 0 Å². The van der Waals surface area contributed by atoms with Gasteiger partial charge in [0.15, 0.2) is 0 Å². The summed E-state index contributed by atoms with van der Waals surface area (Å²) in [5.74, 6) is 3.83. The number of likely N-dealkylation sites (N-methyl/N-ethyl adjacent to an activating group) is 3. The van der Waals surface area contributed by atoms with Gasteiger partial charge < -0.3 is 66.6 Å². The smallest absolute Gasteiger partial charge is 0.225 e. The molecule has 8 fully saturated rings. The number of nitrogens with two attached hydrogens (primary N) is 1. The average molecular weight is 1700 g/mol. The maximum absolute atomic E-state index is 5.33. The van der Waals surface area contributed by atoms with E-state index in [-0.39, 0.29) is 0 Å². The zero-order chi connectivity index (χ0) is 88.7. The van der Waals surface area contributed by atoms with Gasteiger partial charge in [-0.25, -0.2) is 15.0 Å². The van der Waals surface area contributed by atoms with Crippen LogP contribution in [0.3, 0.4) is 0 Å². The fraction of sp³-hybridized carbons (Fsp3) is 0.853. The van der Waals surface area contributed by atoms with Gasteiger partial charge in [0.25, 0.3) is 0 Å². The predicted molar refractivity (Wildman–Crippen MR) is 524 cm³/mol. The standard InChI is InChI=1S/2C13H27N3.C12H19N3.C11H18N4.C11H20N2.C10H23N3.C9H19N3.C9H20N2.C7H17N3/c1-12(2)15-6-4-13(5-7-15)16-10-8-14(3)9-11-16;1-12(2)15-8-10-16(11-9-15)13-4-6-14(3)7-5-13;1-11(2)14-7-9-15(10-8-14)12-5-3-4-6-13-12;1-10(2)14-6-8-15(9-7-14)11-12-4-3-5-13-11;1-10(2)12-8-4-3-6-11-7-5-9-13-11;1-10(2)11-4-5-13-8-6-12(3)7-9-13;1-8(2)10-5-3-4-9-11-6-7-12-9;1-4-10-5-7-11(8-6-10)9(2)3;1-6(2)9-4-5-10-7(3)8/h2*12-13H,4-11H2,1-3H3;3-6,11H,7-10H2,1-2H3;3-5,10H,6-9H2,1-2H3;7,9-10,12H,3-6,8H2,1-2H3;10-11H,4-9H2,1-3H3;8,10H,3-7H2,1-2H3,(H,11,12);9H,4-8H2,1-3H3;6,9H,4-5H2,1-3H3,(H2,8,10). The summed E-state index contributed by atoms with van der Waals surface area (Å²) < 4.78 is 0. The first-order chi connectivity index (χ1) is 58.0. The minimum Gasteiger partial charge on any atom is -0.388 e. The number of aliphatic imine (C=N–C) groups is 3. The highest BCUT2D eigenvalue weighted by atomic mass is 15.3. The molecule has 2 aromatic rings. The number of nitrogens with zero attached hydrogens (tertiary/aromatic N) is 20. The number of nitrogens with one attached hydrogen (secondary N) is 5. The predicted octanol–water partition coefficient (Wildman–Crippen LogP) is 9.74. The van der Waals surface area contributed by atoms with Crippen molar-refractivity contribution in [1.82, 2.24) is 100 Å². The summed E-state index contributed by atoms with van der Waals surface area (Å²) in [6.45, 7) is 87.7. The number of hydrogen-bond acceptors (Lipinski definition) is 25. The minimum absolute atomic E-state index is 0.535. The summed E-state index contributed by atoms with van der Waals surface area (Å²) in [6.07, 6.45) is 22.2. The van der Waals surface area contributed by atoms with Crippen LogP contribution in [0.1, 0.15) is 203 Å². The van der Waals surface area contributed by atoms with Crippen molar-refractivity contribution >= 4 is 29.7 Å². The normalized spacial score (nSPS) is 20.6. The Kier molecular flexibility index (Phi) is 58.6. The number of anilines is 2. The quantitative estimate of drug-likeness (QED) is 0.0255. The number of aromatic nitrogens is 3. The molecule has 0 aromatic carbocycles. The van der Waals surface area contributed by atoms with E-state index in [1.54, 1.807) is 19.3 Å². The van der Waals surface area contributed by atoms with E-state index in [1.807, 2.05) is 24.5 Å². The van der Waals surface area contributed by atoms with Crippen LogP contribution in [0.25, 0.3) is 0 Å². The molecule has 10 aliphatic rings. The molecule has 26 nitrogen and oxygen atoms in total. The molecule has 121 heavy (non-hydrogen) atoms. The second kappa shape index (κ2) is 65.1. The van der Waals surface area contributed by atoms with Gasteiger partial charge >= 0.3 is 0 Å². The lowest BCUT2D eigenvalue weighted by Crippen LogP contribution is -2.54. The van der Waals surface area contributed by atoms with E-state index in [0.717, 1.165) is 159 Å². The van der Waals surface area contributed by atoms with Crippen molar-refractivity contribution in [3.63, 3.8) is 0 Å². The summed E-state index contributed by atoms with van der Waals surface area (Å²) in [5, 5.41) is 16.8. The van der Waals surface area contributed by atoms with E-state index in [2.05, 4.69) is 296 Å². The number of piperazine rings is 6. The third-order valence-electron chi connectivity index (χ3n) is 24.7. The van der Waals surface area contributed by atoms with Crippen molar-refractivity contribution < 1.29 is 0 Å². The topological polar surface area (TPSA) is 207 Å². The minimum atomic E-state index is 0.535. The SMILES string of the molecule is CC(C)N1CCC(N2CCN(C)CC2)CC1.CC(C)N1CCN(C2CCN(C)CC2)CC1.CC(C)N1CCN(c2ccccn2)CC1.CC(C)N1CCN(c2ncccn2)CC1.CC(C)NCCCC1=NCCN1.CC(C)NCCCCC1=CCC=N1.CC(C)NCCN1CCN(C)CC1.CC(N)=NCCNC(C)C.CCN1CCN(C(C)C)CC1. The number of allylic oxidation sites excluding steroid dienone is 2. The molecule has 7 N–H and O–H groups in total. The zero-order valence-electron chi connectivity index (χ0n) is 82.3. The molecular weight excluding hydrogens is 1510 g/mol. The zero-order valence-corrected chi connectivity index (χ0v) is 82.3. The third kappa shape index (κ3) is 50.6. The third-order valence-corrected chi connectivity index (χ3v) is 24.7. The summed E-state index contributed by atoms with van der Waals surface area (Å²) in [6, 6.07) is 15.5. The lowest BCUT2D eigenvalue weighted by molar-refractivity contribution is 0.0529. The lowest BCUT2D eigenvalue weighted by atomic mass is 10.0. The van der Waals surface area contributed by atoms with E-state index in [0.29, 0.717) is 42.1 Å². The molecule has 700 valence electrons. The van der Waals surface area contributed by atoms with Gasteiger partial charge in [0, 0.05) is 293 Å². The van der Waals surface area contributed by atoms with Gasteiger partial charge in [0.05, 0.1) is 24.8 Å².